The highest BCUT2D eigenvalue weighted by molar-refractivity contribution is 5.79. The number of hydrogen-bond acceptors (Lipinski definition) is 4. The second kappa shape index (κ2) is 4.31. The number of fused-ring (bicyclic) bond motifs is 1. The lowest BCUT2D eigenvalue weighted by Gasteiger charge is -2.01. The molecule has 0 saturated carbocycles. The average molecular weight is 265 g/mol. The number of nitriles is 1. The first-order chi connectivity index (χ1) is 9.60. The molecule has 0 unspecified atom stereocenters. The molecule has 1 aromatic carbocycles. The van der Waals surface area contributed by atoms with Crippen LogP contribution in [-0.2, 0) is 0 Å². The van der Waals surface area contributed by atoms with Crippen LogP contribution in [0.4, 0.5) is 0 Å². The summed E-state index contributed by atoms with van der Waals surface area (Å²) in [4.78, 5) is 18.8. The van der Waals surface area contributed by atoms with Crippen molar-refractivity contribution in [2.45, 2.75) is 13.8 Å². The summed E-state index contributed by atoms with van der Waals surface area (Å²) >= 11 is 0. The molecular weight excluding hydrogens is 254 g/mol. The van der Waals surface area contributed by atoms with E-state index in [4.69, 9.17) is 5.26 Å². The van der Waals surface area contributed by atoms with Crippen molar-refractivity contribution < 1.29 is 0 Å². The maximum Gasteiger partial charge on any atom is 0.349 e. The predicted molar refractivity (Wildman–Crippen MR) is 73.2 cm³/mol. The minimum Gasteiger partial charge on any atom is -0.294 e. The molecule has 20 heavy (non-hydrogen) atoms. The van der Waals surface area contributed by atoms with Crippen molar-refractivity contribution >= 4 is 5.65 Å². The normalized spacial score (nSPS) is 10.7. The zero-order valence-electron chi connectivity index (χ0n) is 11.0. The zero-order chi connectivity index (χ0) is 14.3. The van der Waals surface area contributed by atoms with E-state index in [2.05, 4.69) is 21.1 Å². The molecule has 0 aliphatic carbocycles. The molecule has 1 N–H and O–H groups in total. The van der Waals surface area contributed by atoms with Crippen LogP contribution >= 0.6 is 0 Å². The molecule has 0 bridgehead atoms. The molecule has 2 aromatic heterocycles. The van der Waals surface area contributed by atoms with Gasteiger partial charge >= 0.3 is 5.69 Å². The fourth-order valence-corrected chi connectivity index (χ4v) is 2.20. The molecule has 6 nitrogen and oxygen atoms in total. The maximum absolute atomic E-state index is 11.9. The van der Waals surface area contributed by atoms with Gasteiger partial charge in [0.1, 0.15) is 5.82 Å². The summed E-state index contributed by atoms with van der Waals surface area (Å²) in [6.45, 7) is 3.56. The summed E-state index contributed by atoms with van der Waals surface area (Å²) in [5, 5.41) is 13.1. The van der Waals surface area contributed by atoms with Crippen LogP contribution in [0, 0.1) is 25.2 Å². The quantitative estimate of drug-likeness (QED) is 0.723. The third kappa shape index (κ3) is 1.77. The first kappa shape index (κ1) is 12.1. The number of nitrogens with one attached hydrogen (secondary N) is 1. The Balaban J connectivity index is 2.32. The Morgan fingerprint density at radius 2 is 1.95 bits per heavy atom. The Morgan fingerprint density at radius 3 is 2.60 bits per heavy atom. The number of aromatic nitrogens is 4. The minimum absolute atomic E-state index is 0.310. The monoisotopic (exact) mass is 265 g/mol. The number of nitrogens with zero attached hydrogens (tertiary/aromatic N) is 4. The molecule has 2 heterocycles. The van der Waals surface area contributed by atoms with Gasteiger partial charge in [-0.05, 0) is 31.5 Å². The summed E-state index contributed by atoms with van der Waals surface area (Å²) in [6, 6.07) is 9.22. The fraction of sp³-hybridized carbons (Fsp3) is 0.143. The number of aryl methyl sites for hydroxylation is 2. The Labute approximate surface area is 114 Å². The summed E-state index contributed by atoms with van der Waals surface area (Å²) in [5.41, 5.74) is 3.21. The molecule has 0 spiro atoms. The van der Waals surface area contributed by atoms with E-state index < -0.39 is 0 Å². The van der Waals surface area contributed by atoms with E-state index in [0.717, 1.165) is 16.8 Å². The first-order valence-electron chi connectivity index (χ1n) is 6.07. The van der Waals surface area contributed by atoms with Gasteiger partial charge in [0.2, 0.25) is 0 Å². The number of benzene rings is 1. The average Bonchev–Trinajstić information content (AvgIpc) is 2.76. The SMILES string of the molecule is Cc1nc2c(-c3ccc(C#N)cc3)c(C)nn2c(=O)[nH]1. The summed E-state index contributed by atoms with van der Waals surface area (Å²) < 4.78 is 1.26. The van der Waals surface area contributed by atoms with Crippen LogP contribution in [0.2, 0.25) is 0 Å². The maximum atomic E-state index is 11.9. The van der Waals surface area contributed by atoms with Crippen molar-refractivity contribution in [1.29, 1.82) is 5.26 Å². The molecule has 0 fully saturated rings. The summed E-state index contributed by atoms with van der Waals surface area (Å²) in [7, 11) is 0. The van der Waals surface area contributed by atoms with E-state index >= 15 is 0 Å². The van der Waals surface area contributed by atoms with E-state index in [0.29, 0.717) is 17.0 Å². The topological polar surface area (TPSA) is 86.8 Å². The first-order valence-corrected chi connectivity index (χ1v) is 6.07. The van der Waals surface area contributed by atoms with Gasteiger partial charge in [-0.3, -0.25) is 4.98 Å². The molecule has 0 saturated heterocycles. The molecule has 3 aromatic rings. The second-order valence-electron chi connectivity index (χ2n) is 4.51. The van der Waals surface area contributed by atoms with Gasteiger partial charge in [-0.15, -0.1) is 0 Å². The smallest absolute Gasteiger partial charge is 0.294 e. The van der Waals surface area contributed by atoms with Crippen LogP contribution in [0.1, 0.15) is 17.1 Å². The molecule has 3 rings (SSSR count). The lowest BCUT2D eigenvalue weighted by molar-refractivity contribution is 0.810. The van der Waals surface area contributed by atoms with Crippen LogP contribution in [-0.4, -0.2) is 19.6 Å². The van der Waals surface area contributed by atoms with Crippen LogP contribution in [0.15, 0.2) is 29.1 Å². The van der Waals surface area contributed by atoms with E-state index in [1.54, 1.807) is 19.1 Å². The van der Waals surface area contributed by atoms with Gasteiger partial charge in [-0.25, -0.2) is 9.78 Å². The van der Waals surface area contributed by atoms with Crippen LogP contribution in [0.5, 0.6) is 0 Å². The molecule has 0 atom stereocenters. The molecule has 0 radical (unpaired) electrons. The van der Waals surface area contributed by atoms with Gasteiger partial charge in [0.25, 0.3) is 0 Å². The predicted octanol–water partition coefficient (Wildman–Crippen LogP) is 1.57. The van der Waals surface area contributed by atoms with Gasteiger partial charge in [0, 0.05) is 5.56 Å². The number of H-pyrrole nitrogens is 1. The van der Waals surface area contributed by atoms with Crippen LogP contribution in [0.3, 0.4) is 0 Å². The van der Waals surface area contributed by atoms with E-state index in [1.807, 2.05) is 19.1 Å². The number of hydrogen-bond donors (Lipinski definition) is 1. The van der Waals surface area contributed by atoms with E-state index in [9.17, 15) is 4.79 Å². The van der Waals surface area contributed by atoms with Crippen molar-refractivity contribution in [3.63, 3.8) is 0 Å². The number of aromatic amines is 1. The third-order valence-corrected chi connectivity index (χ3v) is 3.09. The molecule has 0 amide bonds. The van der Waals surface area contributed by atoms with Gasteiger partial charge in [0.15, 0.2) is 5.65 Å². The van der Waals surface area contributed by atoms with Crippen molar-refractivity contribution in [3.8, 4) is 17.2 Å². The van der Waals surface area contributed by atoms with E-state index in [-0.39, 0.29) is 5.69 Å². The third-order valence-electron chi connectivity index (χ3n) is 3.09. The fourth-order valence-electron chi connectivity index (χ4n) is 2.20. The molecule has 0 aliphatic rings. The van der Waals surface area contributed by atoms with Crippen LogP contribution in [0.25, 0.3) is 16.8 Å². The Kier molecular flexibility index (Phi) is 2.61. The van der Waals surface area contributed by atoms with Gasteiger partial charge in [-0.1, -0.05) is 12.1 Å². The van der Waals surface area contributed by atoms with Crippen LogP contribution < -0.4 is 5.69 Å². The van der Waals surface area contributed by atoms with Crippen molar-refractivity contribution in [3.05, 3.63) is 51.8 Å². The van der Waals surface area contributed by atoms with Crippen molar-refractivity contribution in [1.82, 2.24) is 19.6 Å². The lowest BCUT2D eigenvalue weighted by Crippen LogP contribution is -2.19. The van der Waals surface area contributed by atoms with Gasteiger partial charge in [0.05, 0.1) is 17.3 Å². The zero-order valence-corrected chi connectivity index (χ0v) is 11.0. The highest BCUT2D eigenvalue weighted by Gasteiger charge is 2.15. The molecule has 6 heteroatoms. The second-order valence-corrected chi connectivity index (χ2v) is 4.51. The van der Waals surface area contributed by atoms with Gasteiger partial charge < -0.3 is 0 Å². The summed E-state index contributed by atoms with van der Waals surface area (Å²) in [5.74, 6) is 0.539. The van der Waals surface area contributed by atoms with Gasteiger partial charge in [-0.2, -0.15) is 14.9 Å². The van der Waals surface area contributed by atoms with Crippen molar-refractivity contribution in [2.24, 2.45) is 0 Å². The Bertz CT molecular complexity index is 896. The Morgan fingerprint density at radius 1 is 1.25 bits per heavy atom. The number of rotatable bonds is 1. The van der Waals surface area contributed by atoms with E-state index in [1.165, 1.54) is 4.52 Å². The summed E-state index contributed by atoms with van der Waals surface area (Å²) in [6.07, 6.45) is 0. The lowest BCUT2D eigenvalue weighted by atomic mass is 10.0. The highest BCUT2D eigenvalue weighted by atomic mass is 16.1. The Hall–Kier alpha value is -2.94. The molecule has 0 aliphatic heterocycles. The van der Waals surface area contributed by atoms with Crippen molar-refractivity contribution in [2.75, 3.05) is 0 Å². The molecular formula is C14H11N5O. The highest BCUT2D eigenvalue weighted by Crippen LogP contribution is 2.26. The molecule has 98 valence electrons. The standard InChI is InChI=1S/C14H11N5O/c1-8-12(11-5-3-10(7-15)4-6-11)13-16-9(2)17-14(20)19(13)18-8/h3-6H,1-2H3,(H,16,17,20). The minimum atomic E-state index is -0.310. The largest absolute Gasteiger partial charge is 0.349 e.